The fourth-order valence-corrected chi connectivity index (χ4v) is 4.51. The van der Waals surface area contributed by atoms with E-state index in [-0.39, 0.29) is 22.4 Å². The number of aromatic hydroxyl groups is 1. The normalized spacial score (nSPS) is 16.5. The molecule has 0 radical (unpaired) electrons. The molecule has 1 saturated heterocycles. The smallest absolute Gasteiger partial charge is 0.311 e. The highest BCUT2D eigenvalue weighted by molar-refractivity contribution is 6.51. The van der Waals surface area contributed by atoms with E-state index in [9.17, 15) is 29.9 Å². The second-order valence-corrected chi connectivity index (χ2v) is 8.50. The van der Waals surface area contributed by atoms with Crippen molar-refractivity contribution in [3.05, 3.63) is 98.1 Å². The van der Waals surface area contributed by atoms with Gasteiger partial charge in [-0.15, -0.1) is 0 Å². The maximum atomic E-state index is 13.4. The van der Waals surface area contributed by atoms with Crippen molar-refractivity contribution >= 4 is 28.8 Å². The van der Waals surface area contributed by atoms with Crippen molar-refractivity contribution in [1.82, 2.24) is 0 Å². The average molecular weight is 499 g/mol. The van der Waals surface area contributed by atoms with Gasteiger partial charge in [0.1, 0.15) is 11.5 Å². The number of benzene rings is 3. The molecule has 0 saturated carbocycles. The van der Waals surface area contributed by atoms with Gasteiger partial charge in [-0.3, -0.25) is 24.6 Å². The molecule has 1 atom stereocenters. The number of nitro benzene ring substituents is 1. The topological polar surface area (TPSA) is 154 Å². The van der Waals surface area contributed by atoms with E-state index >= 15 is 0 Å². The summed E-state index contributed by atoms with van der Waals surface area (Å²) in [5.41, 5.74) is 1.34. The van der Waals surface area contributed by atoms with Crippen LogP contribution in [-0.4, -0.2) is 33.9 Å². The Morgan fingerprint density at radius 3 is 2.38 bits per heavy atom. The molecule has 1 aliphatic heterocycles. The number of phenolic OH excluding ortho intramolecular Hbond substituents is 1. The van der Waals surface area contributed by atoms with Gasteiger partial charge >= 0.3 is 5.69 Å². The summed E-state index contributed by atoms with van der Waals surface area (Å²) in [6.07, 6.45) is 0. The number of ether oxygens (including phenoxy) is 1. The molecular weight excluding hydrogens is 478 g/mol. The number of nitrogens with zero attached hydrogens (tertiary/aromatic N) is 3. The predicted octanol–water partition coefficient (Wildman–Crippen LogP) is 4.42. The van der Waals surface area contributed by atoms with Gasteiger partial charge in [0.25, 0.3) is 11.7 Å². The number of hydrogen-bond acceptors (Lipinski definition) is 8. The van der Waals surface area contributed by atoms with Gasteiger partial charge in [-0.25, -0.2) is 0 Å². The molecule has 1 fully saturated rings. The number of nitriles is 1. The zero-order valence-corrected chi connectivity index (χ0v) is 20.1. The maximum absolute atomic E-state index is 13.4. The molecule has 1 amide bonds. The number of nitro groups is 1. The number of Topliss-reactive ketones (excluding diaryl/α,β-unsaturated/α-hetero) is 1. The highest BCUT2D eigenvalue weighted by Gasteiger charge is 2.47. The summed E-state index contributed by atoms with van der Waals surface area (Å²) >= 11 is 0. The molecule has 10 nitrogen and oxygen atoms in total. The summed E-state index contributed by atoms with van der Waals surface area (Å²) in [5, 5.41) is 42.1. The molecule has 2 N–H and O–H groups in total. The summed E-state index contributed by atoms with van der Waals surface area (Å²) in [4.78, 5) is 38.5. The van der Waals surface area contributed by atoms with E-state index in [4.69, 9.17) is 10.00 Å². The van der Waals surface area contributed by atoms with E-state index in [1.807, 2.05) is 12.1 Å². The van der Waals surface area contributed by atoms with Crippen molar-refractivity contribution in [3.63, 3.8) is 0 Å². The summed E-state index contributed by atoms with van der Waals surface area (Å²) in [5.74, 6) is -2.80. The first kappa shape index (κ1) is 24.9. The van der Waals surface area contributed by atoms with E-state index in [1.54, 1.807) is 19.9 Å². The van der Waals surface area contributed by atoms with Gasteiger partial charge in [0.15, 0.2) is 5.75 Å². The molecule has 0 aromatic heterocycles. The van der Waals surface area contributed by atoms with Crippen LogP contribution in [0.25, 0.3) is 5.76 Å². The van der Waals surface area contributed by atoms with Crippen LogP contribution in [-0.2, 0) is 9.59 Å². The van der Waals surface area contributed by atoms with E-state index in [0.717, 1.165) is 22.6 Å². The van der Waals surface area contributed by atoms with Crippen LogP contribution in [0.2, 0.25) is 0 Å². The fourth-order valence-electron chi connectivity index (χ4n) is 4.51. The van der Waals surface area contributed by atoms with Crippen molar-refractivity contribution in [2.24, 2.45) is 0 Å². The Kier molecular flexibility index (Phi) is 6.38. The number of aliphatic hydroxyl groups excluding tert-OH is 1. The number of methoxy groups -OCH3 is 1. The predicted molar refractivity (Wildman–Crippen MR) is 133 cm³/mol. The van der Waals surface area contributed by atoms with Gasteiger partial charge in [0, 0.05) is 11.8 Å². The quantitative estimate of drug-likeness (QED) is 0.172. The number of phenols is 1. The number of ketones is 1. The molecule has 186 valence electrons. The zero-order valence-electron chi connectivity index (χ0n) is 20.1. The van der Waals surface area contributed by atoms with Crippen molar-refractivity contribution in [2.45, 2.75) is 19.9 Å². The van der Waals surface area contributed by atoms with Crippen molar-refractivity contribution in [1.29, 1.82) is 5.26 Å². The van der Waals surface area contributed by atoms with Gasteiger partial charge in [0.05, 0.1) is 40.8 Å². The summed E-state index contributed by atoms with van der Waals surface area (Å²) in [6, 6.07) is 13.4. The van der Waals surface area contributed by atoms with Crippen LogP contribution >= 0.6 is 0 Å². The monoisotopic (exact) mass is 499 g/mol. The van der Waals surface area contributed by atoms with Crippen molar-refractivity contribution in [2.75, 3.05) is 12.0 Å². The Labute approximate surface area is 211 Å². The number of rotatable bonds is 5. The first-order valence-corrected chi connectivity index (χ1v) is 11.0. The highest BCUT2D eigenvalue weighted by atomic mass is 16.6. The van der Waals surface area contributed by atoms with Gasteiger partial charge in [-0.05, 0) is 66.9 Å². The lowest BCUT2D eigenvalue weighted by atomic mass is 9.93. The summed E-state index contributed by atoms with van der Waals surface area (Å²) in [7, 11) is 1.41. The van der Waals surface area contributed by atoms with Crippen molar-refractivity contribution in [3.8, 4) is 17.6 Å². The largest absolute Gasteiger partial charge is 0.507 e. The maximum Gasteiger partial charge on any atom is 0.311 e. The molecule has 0 aliphatic carbocycles. The van der Waals surface area contributed by atoms with Crippen LogP contribution in [0, 0.1) is 35.3 Å². The lowest BCUT2D eigenvalue weighted by Gasteiger charge is -2.25. The number of aliphatic hydroxyl groups is 1. The standard InChI is InChI=1S/C27H21N3O7/c1-14-10-15(2)26(37-3)19(11-14)24(32)22-23(17-6-9-21(31)20(12-17)30(35)36)29(27(34)25(22)33)18-7-4-16(13-28)5-8-18/h4-12,23,31-32H,1-3H3/b24-22+. The first-order valence-electron chi connectivity index (χ1n) is 11.0. The third-order valence-corrected chi connectivity index (χ3v) is 6.11. The van der Waals surface area contributed by atoms with Gasteiger partial charge in [-0.2, -0.15) is 5.26 Å². The first-order chi connectivity index (χ1) is 17.6. The van der Waals surface area contributed by atoms with Crippen molar-refractivity contribution < 1.29 is 29.5 Å². The van der Waals surface area contributed by atoms with Crippen LogP contribution in [0.15, 0.2) is 60.2 Å². The molecule has 3 aromatic carbocycles. The third kappa shape index (κ3) is 4.23. The SMILES string of the molecule is COc1c(C)cc(C)cc1/C(O)=C1\C(=O)C(=O)N(c2ccc(C#N)cc2)C1c1ccc(O)c([N+](=O)[O-])c1. The molecule has 3 aromatic rings. The Bertz CT molecular complexity index is 1530. The Balaban J connectivity index is 2.04. The number of amides is 1. The lowest BCUT2D eigenvalue weighted by Crippen LogP contribution is -2.29. The Hall–Kier alpha value is -5.17. The van der Waals surface area contributed by atoms with E-state index in [2.05, 4.69) is 0 Å². The minimum Gasteiger partial charge on any atom is -0.507 e. The molecule has 1 aliphatic rings. The van der Waals surface area contributed by atoms with Crippen LogP contribution < -0.4 is 9.64 Å². The van der Waals surface area contributed by atoms with Crippen LogP contribution in [0.1, 0.15) is 33.9 Å². The Morgan fingerprint density at radius 1 is 1.11 bits per heavy atom. The van der Waals surface area contributed by atoms with E-state index in [0.29, 0.717) is 16.9 Å². The van der Waals surface area contributed by atoms with Crippen LogP contribution in [0.3, 0.4) is 0 Å². The zero-order chi connectivity index (χ0) is 27.0. The molecule has 4 rings (SSSR count). The molecule has 1 unspecified atom stereocenters. The number of carbonyl (C=O) groups is 2. The molecule has 0 spiro atoms. The lowest BCUT2D eigenvalue weighted by molar-refractivity contribution is -0.385. The second kappa shape index (κ2) is 9.47. The minimum absolute atomic E-state index is 0.109. The number of hydrogen-bond donors (Lipinski definition) is 2. The third-order valence-electron chi connectivity index (χ3n) is 6.11. The average Bonchev–Trinajstić information content (AvgIpc) is 3.13. The number of carbonyl (C=O) groups excluding carboxylic acids is 2. The molecule has 0 bridgehead atoms. The van der Waals surface area contributed by atoms with Crippen LogP contribution in [0.5, 0.6) is 11.5 Å². The van der Waals surface area contributed by atoms with Gasteiger partial charge in [0.2, 0.25) is 0 Å². The Morgan fingerprint density at radius 2 is 1.78 bits per heavy atom. The van der Waals surface area contributed by atoms with Gasteiger partial charge in [-0.1, -0.05) is 12.1 Å². The number of anilines is 1. The molecular formula is C27H21N3O7. The van der Waals surface area contributed by atoms with E-state index < -0.39 is 39.9 Å². The summed E-state index contributed by atoms with van der Waals surface area (Å²) in [6.45, 7) is 3.55. The number of aryl methyl sites for hydroxylation is 2. The van der Waals surface area contributed by atoms with Gasteiger partial charge < -0.3 is 14.9 Å². The molecule has 1 heterocycles. The fraction of sp³-hybridized carbons (Fsp3) is 0.148. The second-order valence-electron chi connectivity index (χ2n) is 8.50. The summed E-state index contributed by atoms with van der Waals surface area (Å²) < 4.78 is 5.46. The molecule has 10 heteroatoms. The molecule has 37 heavy (non-hydrogen) atoms. The minimum atomic E-state index is -1.28. The van der Waals surface area contributed by atoms with Crippen LogP contribution in [0.4, 0.5) is 11.4 Å². The highest BCUT2D eigenvalue weighted by Crippen LogP contribution is 2.45. The van der Waals surface area contributed by atoms with E-state index in [1.165, 1.54) is 37.4 Å².